The minimum absolute atomic E-state index is 0.110. The number of nitrogens with zero attached hydrogens (tertiary/aromatic N) is 1. The van der Waals surface area contributed by atoms with E-state index in [0.29, 0.717) is 6.42 Å². The second-order valence-electron chi connectivity index (χ2n) is 7.19. The number of hydrogen-bond acceptors (Lipinski definition) is 3. The molecule has 0 bridgehead atoms. The molecule has 5 nitrogen and oxygen atoms in total. The predicted molar refractivity (Wildman–Crippen MR) is 98.1 cm³/mol. The molecular weight excluding hydrogens is 314 g/mol. The molecule has 2 fully saturated rings. The van der Waals surface area contributed by atoms with E-state index in [9.17, 15) is 9.59 Å². The molecule has 0 aliphatic carbocycles. The van der Waals surface area contributed by atoms with Gasteiger partial charge in [-0.25, -0.2) is 0 Å². The largest absolute Gasteiger partial charge is 0.353 e. The van der Waals surface area contributed by atoms with Gasteiger partial charge in [-0.05, 0) is 44.2 Å². The molecule has 2 N–H and O–H groups in total. The molecule has 1 unspecified atom stereocenters. The molecule has 1 atom stereocenters. The molecule has 0 saturated carbocycles. The first-order chi connectivity index (χ1) is 12.2. The maximum atomic E-state index is 12.4. The Morgan fingerprint density at radius 2 is 1.88 bits per heavy atom. The topological polar surface area (TPSA) is 61.4 Å². The van der Waals surface area contributed by atoms with Gasteiger partial charge in [0.05, 0.1) is 5.92 Å². The minimum atomic E-state index is 0.110. The van der Waals surface area contributed by atoms with Crippen molar-refractivity contribution in [3.05, 3.63) is 35.9 Å². The maximum Gasteiger partial charge on any atom is 0.224 e. The van der Waals surface area contributed by atoms with Gasteiger partial charge in [-0.15, -0.1) is 0 Å². The number of carbonyl (C=O) groups excluding carboxylic acids is 2. The molecule has 0 radical (unpaired) electrons. The summed E-state index contributed by atoms with van der Waals surface area (Å²) < 4.78 is 0. The summed E-state index contributed by atoms with van der Waals surface area (Å²) in [5.74, 6) is 0.519. The second-order valence-corrected chi connectivity index (χ2v) is 7.19. The van der Waals surface area contributed by atoms with Gasteiger partial charge in [-0.1, -0.05) is 30.3 Å². The van der Waals surface area contributed by atoms with Crippen molar-refractivity contribution in [1.82, 2.24) is 15.5 Å². The summed E-state index contributed by atoms with van der Waals surface area (Å²) in [6, 6.07) is 10.4. The highest BCUT2D eigenvalue weighted by molar-refractivity contribution is 5.79. The van der Waals surface area contributed by atoms with E-state index in [2.05, 4.69) is 22.8 Å². The van der Waals surface area contributed by atoms with Crippen molar-refractivity contribution < 1.29 is 9.59 Å². The quantitative estimate of drug-likeness (QED) is 0.856. The average molecular weight is 343 g/mol. The zero-order chi connectivity index (χ0) is 17.5. The standard InChI is InChI=1S/C20H29N3O2/c24-19(9-8-16-5-2-1-3-6-16)23-13-10-18(11-14-23)22-20(25)17-7-4-12-21-15-17/h1-3,5-6,17-18,21H,4,7-15H2,(H,22,25). The van der Waals surface area contributed by atoms with Crippen LogP contribution in [0.15, 0.2) is 30.3 Å². The van der Waals surface area contributed by atoms with E-state index in [1.807, 2.05) is 23.1 Å². The molecule has 3 rings (SSSR count). The number of aryl methyl sites for hydroxylation is 1. The SMILES string of the molecule is O=C(NC1CCN(C(=O)CCc2ccccc2)CC1)C1CCCNC1. The van der Waals surface area contributed by atoms with Crippen LogP contribution in [0.25, 0.3) is 0 Å². The molecule has 25 heavy (non-hydrogen) atoms. The van der Waals surface area contributed by atoms with Crippen LogP contribution in [-0.2, 0) is 16.0 Å². The van der Waals surface area contributed by atoms with E-state index in [0.717, 1.165) is 58.3 Å². The number of nitrogens with one attached hydrogen (secondary N) is 2. The summed E-state index contributed by atoms with van der Waals surface area (Å²) in [5, 5.41) is 6.48. The van der Waals surface area contributed by atoms with Gasteiger partial charge in [0.15, 0.2) is 0 Å². The van der Waals surface area contributed by atoms with Crippen molar-refractivity contribution in [3.8, 4) is 0 Å². The Morgan fingerprint density at radius 3 is 2.56 bits per heavy atom. The monoisotopic (exact) mass is 343 g/mol. The number of hydrogen-bond donors (Lipinski definition) is 2. The Labute approximate surface area is 150 Å². The van der Waals surface area contributed by atoms with Crippen molar-refractivity contribution >= 4 is 11.8 Å². The van der Waals surface area contributed by atoms with Crippen molar-refractivity contribution in [3.63, 3.8) is 0 Å². The molecular formula is C20H29N3O2. The Balaban J connectivity index is 1.37. The number of piperidine rings is 2. The van der Waals surface area contributed by atoms with Gasteiger partial charge < -0.3 is 15.5 Å². The lowest BCUT2D eigenvalue weighted by molar-refractivity contribution is -0.132. The molecule has 136 valence electrons. The van der Waals surface area contributed by atoms with Gasteiger partial charge >= 0.3 is 0 Å². The molecule has 2 heterocycles. The number of benzene rings is 1. The first-order valence-corrected chi connectivity index (χ1v) is 9.55. The number of likely N-dealkylation sites (tertiary alicyclic amines) is 1. The third-order valence-electron chi connectivity index (χ3n) is 5.33. The van der Waals surface area contributed by atoms with Gasteiger partial charge in [0.1, 0.15) is 0 Å². The van der Waals surface area contributed by atoms with E-state index in [1.54, 1.807) is 0 Å². The van der Waals surface area contributed by atoms with Crippen LogP contribution in [0.5, 0.6) is 0 Å². The maximum absolute atomic E-state index is 12.4. The van der Waals surface area contributed by atoms with Crippen molar-refractivity contribution in [2.45, 2.75) is 44.6 Å². The summed E-state index contributed by atoms with van der Waals surface area (Å²) in [4.78, 5) is 26.6. The predicted octanol–water partition coefficient (Wildman–Crippen LogP) is 1.73. The van der Waals surface area contributed by atoms with Crippen LogP contribution in [0, 0.1) is 5.92 Å². The molecule has 2 saturated heterocycles. The first-order valence-electron chi connectivity index (χ1n) is 9.55. The lowest BCUT2D eigenvalue weighted by Crippen LogP contribution is -2.49. The van der Waals surface area contributed by atoms with Crippen LogP contribution in [0.2, 0.25) is 0 Å². The highest BCUT2D eigenvalue weighted by Crippen LogP contribution is 2.15. The van der Waals surface area contributed by atoms with Gasteiger partial charge in [-0.3, -0.25) is 9.59 Å². The van der Waals surface area contributed by atoms with Crippen LogP contribution >= 0.6 is 0 Å². The third kappa shape index (κ3) is 5.30. The van der Waals surface area contributed by atoms with Crippen molar-refractivity contribution in [1.29, 1.82) is 0 Å². The summed E-state index contributed by atoms with van der Waals surface area (Å²) in [5.41, 5.74) is 1.21. The lowest BCUT2D eigenvalue weighted by atomic mass is 9.97. The molecule has 0 spiro atoms. The van der Waals surface area contributed by atoms with Crippen LogP contribution < -0.4 is 10.6 Å². The van der Waals surface area contributed by atoms with Crippen molar-refractivity contribution in [2.75, 3.05) is 26.2 Å². The van der Waals surface area contributed by atoms with Gasteiger partial charge in [0.2, 0.25) is 11.8 Å². The zero-order valence-corrected chi connectivity index (χ0v) is 14.9. The summed E-state index contributed by atoms with van der Waals surface area (Å²) >= 11 is 0. The normalized spacial score (nSPS) is 21.8. The summed E-state index contributed by atoms with van der Waals surface area (Å²) in [6.07, 6.45) is 5.15. The molecule has 5 heteroatoms. The van der Waals surface area contributed by atoms with E-state index in [1.165, 1.54) is 5.56 Å². The number of rotatable bonds is 5. The Morgan fingerprint density at radius 1 is 1.12 bits per heavy atom. The summed E-state index contributed by atoms with van der Waals surface area (Å²) in [6.45, 7) is 3.32. The van der Waals surface area contributed by atoms with Crippen LogP contribution in [0.1, 0.15) is 37.7 Å². The number of carbonyl (C=O) groups is 2. The molecule has 0 aromatic heterocycles. The Bertz CT molecular complexity index is 562. The molecule has 2 aliphatic heterocycles. The van der Waals surface area contributed by atoms with Gasteiger partial charge in [0, 0.05) is 32.1 Å². The van der Waals surface area contributed by atoms with Gasteiger partial charge in [-0.2, -0.15) is 0 Å². The molecule has 1 aromatic rings. The van der Waals surface area contributed by atoms with Gasteiger partial charge in [0.25, 0.3) is 0 Å². The third-order valence-corrected chi connectivity index (χ3v) is 5.33. The average Bonchev–Trinajstić information content (AvgIpc) is 2.68. The van der Waals surface area contributed by atoms with Crippen LogP contribution in [0.4, 0.5) is 0 Å². The molecule has 2 aliphatic rings. The lowest BCUT2D eigenvalue weighted by Gasteiger charge is -2.33. The Hall–Kier alpha value is -1.88. The first kappa shape index (κ1) is 17.9. The fourth-order valence-corrected chi connectivity index (χ4v) is 3.72. The number of amides is 2. The molecule has 1 aromatic carbocycles. The van der Waals surface area contributed by atoms with Crippen molar-refractivity contribution in [2.24, 2.45) is 5.92 Å². The highest BCUT2D eigenvalue weighted by Gasteiger charge is 2.27. The van der Waals surface area contributed by atoms with Crippen LogP contribution in [0.3, 0.4) is 0 Å². The Kier molecular flexibility index (Phi) is 6.45. The zero-order valence-electron chi connectivity index (χ0n) is 14.9. The van der Waals surface area contributed by atoms with E-state index in [-0.39, 0.29) is 23.8 Å². The minimum Gasteiger partial charge on any atom is -0.353 e. The second kappa shape index (κ2) is 8.99. The van der Waals surface area contributed by atoms with E-state index >= 15 is 0 Å². The van der Waals surface area contributed by atoms with Crippen LogP contribution in [-0.4, -0.2) is 48.9 Å². The van der Waals surface area contributed by atoms with E-state index in [4.69, 9.17) is 0 Å². The summed E-state index contributed by atoms with van der Waals surface area (Å²) in [7, 11) is 0. The molecule has 2 amide bonds. The fourth-order valence-electron chi connectivity index (χ4n) is 3.72. The highest BCUT2D eigenvalue weighted by atomic mass is 16.2. The van der Waals surface area contributed by atoms with E-state index < -0.39 is 0 Å². The fraction of sp³-hybridized carbons (Fsp3) is 0.600. The smallest absolute Gasteiger partial charge is 0.224 e.